The number of allylic oxidation sites excluding steroid dienone is 1. The van der Waals surface area contributed by atoms with Crippen LogP contribution in [0.3, 0.4) is 0 Å². The zero-order valence-electron chi connectivity index (χ0n) is 12.8. The molecule has 0 radical (unpaired) electrons. The molecule has 0 aromatic rings. The standard InChI is InChI=1S/C17H33N/c1-5-6-7-8-9-16-10-12-17(13-11-16)18-15(4)14(2)3/h14,16-18H,4-13H2,1-3H3. The molecule has 0 heterocycles. The predicted octanol–water partition coefficient (Wildman–Crippen LogP) is 5.27. The van der Waals surface area contributed by atoms with E-state index in [1.807, 2.05) is 0 Å². The quantitative estimate of drug-likeness (QED) is 0.579. The van der Waals surface area contributed by atoms with Crippen LogP contribution in [0.25, 0.3) is 0 Å². The van der Waals surface area contributed by atoms with E-state index >= 15 is 0 Å². The van der Waals surface area contributed by atoms with Crippen molar-refractivity contribution >= 4 is 0 Å². The molecular formula is C17H33N. The molecule has 1 nitrogen and oxygen atoms in total. The fourth-order valence-corrected chi connectivity index (χ4v) is 2.88. The lowest BCUT2D eigenvalue weighted by Gasteiger charge is -2.31. The summed E-state index contributed by atoms with van der Waals surface area (Å²) < 4.78 is 0. The van der Waals surface area contributed by atoms with E-state index < -0.39 is 0 Å². The van der Waals surface area contributed by atoms with Crippen LogP contribution in [-0.4, -0.2) is 6.04 Å². The number of nitrogens with one attached hydrogen (secondary N) is 1. The molecule has 0 aliphatic heterocycles. The minimum atomic E-state index is 0.566. The topological polar surface area (TPSA) is 12.0 Å². The highest BCUT2D eigenvalue weighted by Crippen LogP contribution is 2.29. The molecule has 0 aromatic heterocycles. The molecule has 106 valence electrons. The highest BCUT2D eigenvalue weighted by atomic mass is 14.9. The fraction of sp³-hybridized carbons (Fsp3) is 0.882. The maximum atomic E-state index is 4.13. The summed E-state index contributed by atoms with van der Waals surface area (Å²) in [7, 11) is 0. The van der Waals surface area contributed by atoms with Gasteiger partial charge in [-0.3, -0.25) is 0 Å². The van der Waals surface area contributed by atoms with Crippen molar-refractivity contribution in [3.63, 3.8) is 0 Å². The van der Waals surface area contributed by atoms with Crippen LogP contribution in [0.15, 0.2) is 12.3 Å². The number of hydrogen-bond acceptors (Lipinski definition) is 1. The summed E-state index contributed by atoms with van der Waals surface area (Å²) in [6.07, 6.45) is 12.7. The first-order valence-electron chi connectivity index (χ1n) is 8.08. The van der Waals surface area contributed by atoms with Crippen LogP contribution in [0.2, 0.25) is 0 Å². The first-order valence-corrected chi connectivity index (χ1v) is 8.08. The van der Waals surface area contributed by atoms with E-state index in [0.717, 1.165) is 5.92 Å². The van der Waals surface area contributed by atoms with E-state index in [-0.39, 0.29) is 0 Å². The summed E-state index contributed by atoms with van der Waals surface area (Å²) in [4.78, 5) is 0. The Morgan fingerprint density at radius 1 is 1.11 bits per heavy atom. The monoisotopic (exact) mass is 251 g/mol. The Hall–Kier alpha value is -0.460. The lowest BCUT2D eigenvalue weighted by atomic mass is 9.83. The Morgan fingerprint density at radius 3 is 2.33 bits per heavy atom. The van der Waals surface area contributed by atoms with E-state index in [1.54, 1.807) is 0 Å². The van der Waals surface area contributed by atoms with E-state index in [2.05, 4.69) is 32.7 Å². The van der Waals surface area contributed by atoms with Crippen LogP contribution < -0.4 is 5.32 Å². The maximum absolute atomic E-state index is 4.13. The van der Waals surface area contributed by atoms with Crippen LogP contribution in [-0.2, 0) is 0 Å². The number of hydrogen-bond donors (Lipinski definition) is 1. The zero-order chi connectivity index (χ0) is 13.4. The molecule has 0 bridgehead atoms. The molecule has 0 amide bonds. The van der Waals surface area contributed by atoms with Crippen LogP contribution in [0, 0.1) is 11.8 Å². The normalized spacial score (nSPS) is 24.2. The molecule has 1 rings (SSSR count). The van der Waals surface area contributed by atoms with Gasteiger partial charge in [-0.25, -0.2) is 0 Å². The zero-order valence-corrected chi connectivity index (χ0v) is 12.8. The molecule has 0 atom stereocenters. The summed E-state index contributed by atoms with van der Waals surface area (Å²) in [5.41, 5.74) is 1.22. The van der Waals surface area contributed by atoms with Gasteiger partial charge in [-0.2, -0.15) is 0 Å². The van der Waals surface area contributed by atoms with Crippen molar-refractivity contribution < 1.29 is 0 Å². The molecule has 1 heteroatoms. The average Bonchev–Trinajstić information content (AvgIpc) is 2.36. The summed E-state index contributed by atoms with van der Waals surface area (Å²) in [6, 6.07) is 0.701. The molecule has 1 aliphatic rings. The Morgan fingerprint density at radius 2 is 1.78 bits per heavy atom. The van der Waals surface area contributed by atoms with Crippen molar-refractivity contribution in [2.45, 2.75) is 84.6 Å². The van der Waals surface area contributed by atoms with Crippen LogP contribution in [0.4, 0.5) is 0 Å². The molecule has 18 heavy (non-hydrogen) atoms. The Labute approximate surface area is 114 Å². The van der Waals surface area contributed by atoms with Crippen molar-refractivity contribution in [1.29, 1.82) is 0 Å². The van der Waals surface area contributed by atoms with Crippen molar-refractivity contribution in [2.24, 2.45) is 11.8 Å². The van der Waals surface area contributed by atoms with Gasteiger partial charge < -0.3 is 5.32 Å². The first-order chi connectivity index (χ1) is 8.63. The van der Waals surface area contributed by atoms with E-state index in [9.17, 15) is 0 Å². The van der Waals surface area contributed by atoms with E-state index in [4.69, 9.17) is 0 Å². The Kier molecular flexibility index (Phi) is 7.46. The Bertz CT molecular complexity index is 224. The van der Waals surface area contributed by atoms with Crippen LogP contribution in [0.1, 0.15) is 78.6 Å². The van der Waals surface area contributed by atoms with E-state index in [1.165, 1.54) is 63.5 Å². The summed E-state index contributed by atoms with van der Waals surface area (Å²) in [5.74, 6) is 1.57. The van der Waals surface area contributed by atoms with E-state index in [0.29, 0.717) is 12.0 Å². The second kappa shape index (κ2) is 8.61. The summed E-state index contributed by atoms with van der Waals surface area (Å²) in [6.45, 7) is 10.9. The third kappa shape index (κ3) is 5.93. The smallest absolute Gasteiger partial charge is 0.0258 e. The minimum Gasteiger partial charge on any atom is -0.386 e. The minimum absolute atomic E-state index is 0.566. The summed E-state index contributed by atoms with van der Waals surface area (Å²) >= 11 is 0. The summed E-state index contributed by atoms with van der Waals surface area (Å²) in [5, 5.41) is 3.62. The van der Waals surface area contributed by atoms with Gasteiger partial charge in [-0.05, 0) is 37.5 Å². The second-order valence-corrected chi connectivity index (χ2v) is 6.39. The van der Waals surface area contributed by atoms with Crippen LogP contribution >= 0.6 is 0 Å². The van der Waals surface area contributed by atoms with Gasteiger partial charge in [0.15, 0.2) is 0 Å². The average molecular weight is 251 g/mol. The Balaban J connectivity index is 2.11. The van der Waals surface area contributed by atoms with Crippen molar-refractivity contribution in [3.05, 3.63) is 12.3 Å². The molecule has 1 aliphatic carbocycles. The highest BCUT2D eigenvalue weighted by molar-refractivity contribution is 4.97. The van der Waals surface area contributed by atoms with Gasteiger partial charge in [0.25, 0.3) is 0 Å². The molecule has 1 saturated carbocycles. The second-order valence-electron chi connectivity index (χ2n) is 6.39. The van der Waals surface area contributed by atoms with Crippen molar-refractivity contribution in [2.75, 3.05) is 0 Å². The molecule has 0 aromatic carbocycles. The highest BCUT2D eigenvalue weighted by Gasteiger charge is 2.21. The molecule has 1 fully saturated rings. The SMILES string of the molecule is C=C(NC1CCC(CCCCCC)CC1)C(C)C. The van der Waals surface area contributed by atoms with Gasteiger partial charge in [0, 0.05) is 11.7 Å². The molecule has 0 saturated heterocycles. The maximum Gasteiger partial charge on any atom is 0.0258 e. The first kappa shape index (κ1) is 15.6. The van der Waals surface area contributed by atoms with Crippen LogP contribution in [0.5, 0.6) is 0 Å². The van der Waals surface area contributed by atoms with Crippen molar-refractivity contribution in [3.8, 4) is 0 Å². The van der Waals surface area contributed by atoms with Gasteiger partial charge in [-0.1, -0.05) is 59.5 Å². The van der Waals surface area contributed by atoms with Gasteiger partial charge in [0.2, 0.25) is 0 Å². The van der Waals surface area contributed by atoms with Gasteiger partial charge in [0.1, 0.15) is 0 Å². The third-order valence-electron chi connectivity index (χ3n) is 4.40. The van der Waals surface area contributed by atoms with Gasteiger partial charge >= 0.3 is 0 Å². The molecule has 0 unspecified atom stereocenters. The lowest BCUT2D eigenvalue weighted by molar-refractivity contribution is 0.280. The van der Waals surface area contributed by atoms with Gasteiger partial charge in [-0.15, -0.1) is 0 Å². The van der Waals surface area contributed by atoms with Gasteiger partial charge in [0.05, 0.1) is 0 Å². The predicted molar refractivity (Wildman–Crippen MR) is 81.6 cm³/mol. The lowest BCUT2D eigenvalue weighted by Crippen LogP contribution is -2.33. The third-order valence-corrected chi connectivity index (χ3v) is 4.40. The molecular weight excluding hydrogens is 218 g/mol. The largest absolute Gasteiger partial charge is 0.386 e. The molecule has 1 N–H and O–H groups in total. The number of rotatable bonds is 8. The number of unbranched alkanes of at least 4 members (excludes halogenated alkanes) is 3. The van der Waals surface area contributed by atoms with Crippen molar-refractivity contribution in [1.82, 2.24) is 5.32 Å². The fourth-order valence-electron chi connectivity index (χ4n) is 2.88. The molecule has 0 spiro atoms.